The number of carbonyl (C=O) groups excluding carboxylic acids is 1. The lowest BCUT2D eigenvalue weighted by molar-refractivity contribution is -0.113. The van der Waals surface area contributed by atoms with Gasteiger partial charge in [0, 0.05) is 16.1 Å². The van der Waals surface area contributed by atoms with Gasteiger partial charge in [-0.3, -0.25) is 9.59 Å². The number of carbonyl (C=O) groups is 1. The van der Waals surface area contributed by atoms with E-state index in [4.69, 9.17) is 11.6 Å². The lowest BCUT2D eigenvalue weighted by Gasteiger charge is -2.17. The number of para-hydroxylation sites is 1. The van der Waals surface area contributed by atoms with Gasteiger partial charge in [-0.25, -0.2) is 0 Å². The standard InChI is InChI=1S/C29H17ClN4O2S/c30-19-14-12-17(13-15-19)16-33-23-11-4-3-9-22(23)24(27(33)35)25-28(36)34-29(37-25)31-26(32-34)21-10-5-7-18-6-1-2-8-20(18)21/h1-15H,16H2/b25-24-. The van der Waals surface area contributed by atoms with E-state index < -0.39 is 0 Å². The van der Waals surface area contributed by atoms with Gasteiger partial charge in [0.1, 0.15) is 4.53 Å². The zero-order chi connectivity index (χ0) is 25.1. The molecule has 0 saturated heterocycles. The van der Waals surface area contributed by atoms with Crippen LogP contribution in [0.1, 0.15) is 11.1 Å². The molecule has 37 heavy (non-hydrogen) atoms. The second-order valence-corrected chi connectivity index (χ2v) is 10.2. The quantitative estimate of drug-likeness (QED) is 0.326. The predicted octanol–water partition coefficient (Wildman–Crippen LogP) is 5.09. The van der Waals surface area contributed by atoms with E-state index in [9.17, 15) is 9.59 Å². The summed E-state index contributed by atoms with van der Waals surface area (Å²) in [5.74, 6) is 0.270. The molecule has 6 aromatic rings. The first kappa shape index (κ1) is 21.9. The van der Waals surface area contributed by atoms with Gasteiger partial charge in [-0.15, -0.1) is 5.10 Å². The molecule has 0 aliphatic carbocycles. The van der Waals surface area contributed by atoms with Crippen molar-refractivity contribution >= 4 is 55.8 Å². The SMILES string of the molecule is O=C1/C(=c2\sc3nc(-c4cccc5ccccc45)nn3c2=O)c2ccccc2N1Cc1ccc(Cl)cc1. The first-order valence-corrected chi connectivity index (χ1v) is 12.9. The fraction of sp³-hybridized carbons (Fsp3) is 0.0345. The minimum Gasteiger partial charge on any atom is -0.303 e. The highest BCUT2D eigenvalue weighted by Crippen LogP contribution is 2.36. The Bertz CT molecular complexity index is 1970. The van der Waals surface area contributed by atoms with Crippen LogP contribution in [0.5, 0.6) is 0 Å². The minimum atomic E-state index is -0.342. The van der Waals surface area contributed by atoms with Crippen molar-refractivity contribution in [1.29, 1.82) is 0 Å². The van der Waals surface area contributed by atoms with Crippen LogP contribution in [0.3, 0.4) is 0 Å². The molecule has 6 nitrogen and oxygen atoms in total. The first-order valence-electron chi connectivity index (χ1n) is 11.7. The van der Waals surface area contributed by atoms with Gasteiger partial charge in [0.2, 0.25) is 4.96 Å². The minimum absolute atomic E-state index is 0.216. The molecule has 1 aliphatic rings. The second kappa shape index (κ2) is 8.37. The fourth-order valence-corrected chi connectivity index (χ4v) is 5.97. The molecule has 1 amide bonds. The number of halogens is 1. The number of hydrogen-bond donors (Lipinski definition) is 0. The molecule has 0 bridgehead atoms. The van der Waals surface area contributed by atoms with Gasteiger partial charge in [0.25, 0.3) is 11.5 Å². The van der Waals surface area contributed by atoms with E-state index >= 15 is 0 Å². The van der Waals surface area contributed by atoms with Gasteiger partial charge < -0.3 is 4.90 Å². The van der Waals surface area contributed by atoms with E-state index in [2.05, 4.69) is 10.1 Å². The summed E-state index contributed by atoms with van der Waals surface area (Å²) in [6.45, 7) is 0.372. The van der Waals surface area contributed by atoms with E-state index in [-0.39, 0.29) is 11.5 Å². The molecule has 0 unspecified atom stereocenters. The van der Waals surface area contributed by atoms with Crippen LogP contribution in [-0.2, 0) is 11.3 Å². The zero-order valence-corrected chi connectivity index (χ0v) is 20.8. The van der Waals surface area contributed by atoms with Crippen molar-refractivity contribution < 1.29 is 4.79 Å². The van der Waals surface area contributed by atoms with Crippen molar-refractivity contribution in [3.63, 3.8) is 0 Å². The molecule has 0 N–H and O–H groups in total. The maximum atomic E-state index is 13.7. The van der Waals surface area contributed by atoms with E-state index in [1.54, 1.807) is 17.0 Å². The molecular weight excluding hydrogens is 504 g/mol. The summed E-state index contributed by atoms with van der Waals surface area (Å²) in [5, 5.41) is 7.28. The maximum absolute atomic E-state index is 13.7. The number of thiazole rings is 1. The van der Waals surface area contributed by atoms with E-state index in [1.807, 2.05) is 78.9 Å². The van der Waals surface area contributed by atoms with Crippen molar-refractivity contribution in [2.45, 2.75) is 6.54 Å². The van der Waals surface area contributed by atoms with Crippen LogP contribution in [0.25, 0.3) is 32.7 Å². The zero-order valence-electron chi connectivity index (χ0n) is 19.3. The van der Waals surface area contributed by atoms with Crippen LogP contribution in [0.4, 0.5) is 5.69 Å². The molecule has 3 heterocycles. The number of benzene rings is 4. The molecule has 0 spiro atoms. The first-order chi connectivity index (χ1) is 18.1. The largest absolute Gasteiger partial charge is 0.303 e. The van der Waals surface area contributed by atoms with Crippen LogP contribution < -0.4 is 15.0 Å². The second-order valence-electron chi connectivity index (χ2n) is 8.80. The molecule has 7 rings (SSSR count). The summed E-state index contributed by atoms with van der Waals surface area (Å²) in [4.78, 5) is 34.1. The summed E-state index contributed by atoms with van der Waals surface area (Å²) < 4.78 is 1.65. The van der Waals surface area contributed by atoms with Crippen molar-refractivity contribution in [3.05, 3.63) is 122 Å². The van der Waals surface area contributed by atoms with Gasteiger partial charge >= 0.3 is 0 Å². The highest BCUT2D eigenvalue weighted by atomic mass is 35.5. The van der Waals surface area contributed by atoms with Crippen LogP contribution in [0, 0.1) is 0 Å². The lowest BCUT2D eigenvalue weighted by Crippen LogP contribution is -2.32. The molecule has 2 aromatic heterocycles. The van der Waals surface area contributed by atoms with E-state index in [0.29, 0.717) is 32.5 Å². The Balaban J connectivity index is 1.37. The van der Waals surface area contributed by atoms with Gasteiger partial charge in [0.05, 0.1) is 17.8 Å². The van der Waals surface area contributed by atoms with Crippen molar-refractivity contribution in [1.82, 2.24) is 14.6 Å². The van der Waals surface area contributed by atoms with Gasteiger partial charge in [-0.1, -0.05) is 95.7 Å². The molecule has 178 valence electrons. The van der Waals surface area contributed by atoms with Crippen molar-refractivity contribution in [2.24, 2.45) is 0 Å². The predicted molar refractivity (Wildman–Crippen MR) is 147 cm³/mol. The Labute approximate surface area is 219 Å². The topological polar surface area (TPSA) is 67.6 Å². The third-order valence-corrected chi connectivity index (χ3v) is 7.87. The highest BCUT2D eigenvalue weighted by molar-refractivity contribution is 7.15. The molecule has 8 heteroatoms. The molecular formula is C29H17ClN4O2S. The van der Waals surface area contributed by atoms with Crippen LogP contribution in [-0.4, -0.2) is 20.5 Å². The number of anilines is 1. The monoisotopic (exact) mass is 520 g/mol. The van der Waals surface area contributed by atoms with Crippen molar-refractivity contribution in [3.8, 4) is 11.4 Å². The van der Waals surface area contributed by atoms with Gasteiger partial charge in [-0.05, 0) is 34.5 Å². The maximum Gasteiger partial charge on any atom is 0.291 e. The average Bonchev–Trinajstić information content (AvgIpc) is 3.56. The normalized spacial score (nSPS) is 14.6. The number of amides is 1. The van der Waals surface area contributed by atoms with Crippen LogP contribution in [0.2, 0.25) is 5.02 Å². The summed E-state index contributed by atoms with van der Waals surface area (Å²) >= 11 is 7.23. The molecule has 0 radical (unpaired) electrons. The van der Waals surface area contributed by atoms with Crippen molar-refractivity contribution in [2.75, 3.05) is 4.90 Å². The molecule has 0 atom stereocenters. The van der Waals surface area contributed by atoms with E-state index in [0.717, 1.165) is 33.2 Å². The van der Waals surface area contributed by atoms with Crippen LogP contribution >= 0.6 is 22.9 Å². The molecule has 0 saturated carbocycles. The number of aromatic nitrogens is 3. The summed E-state index contributed by atoms with van der Waals surface area (Å²) in [6.07, 6.45) is 0. The van der Waals surface area contributed by atoms with E-state index in [1.165, 1.54) is 15.9 Å². The average molecular weight is 521 g/mol. The Kier molecular flexibility index (Phi) is 4.96. The summed E-state index contributed by atoms with van der Waals surface area (Å²) in [7, 11) is 0. The smallest absolute Gasteiger partial charge is 0.291 e. The third kappa shape index (κ3) is 3.47. The number of rotatable bonds is 3. The fourth-order valence-electron chi connectivity index (χ4n) is 4.85. The molecule has 1 aliphatic heterocycles. The Morgan fingerprint density at radius 1 is 0.811 bits per heavy atom. The number of fused-ring (bicyclic) bond motifs is 3. The number of hydrogen-bond acceptors (Lipinski definition) is 5. The number of nitrogens with zero attached hydrogens (tertiary/aromatic N) is 4. The van der Waals surface area contributed by atoms with Gasteiger partial charge in [0.15, 0.2) is 5.82 Å². The van der Waals surface area contributed by atoms with Gasteiger partial charge in [-0.2, -0.15) is 9.50 Å². The Hall–Kier alpha value is -4.33. The van der Waals surface area contributed by atoms with Crippen LogP contribution in [0.15, 0.2) is 95.8 Å². The third-order valence-electron chi connectivity index (χ3n) is 6.59. The Morgan fingerprint density at radius 3 is 2.38 bits per heavy atom. The summed E-state index contributed by atoms with van der Waals surface area (Å²) in [5.41, 5.74) is 3.35. The molecule has 0 fully saturated rings. The lowest BCUT2D eigenvalue weighted by atomic mass is 10.0. The Morgan fingerprint density at radius 2 is 1.54 bits per heavy atom. The highest BCUT2D eigenvalue weighted by Gasteiger charge is 2.34. The molecule has 4 aromatic carbocycles. The summed E-state index contributed by atoms with van der Waals surface area (Å²) in [6, 6.07) is 28.9.